The van der Waals surface area contributed by atoms with Gasteiger partial charge in [0, 0.05) is 13.0 Å². The molecule has 1 atom stereocenters. The van der Waals surface area contributed by atoms with Gasteiger partial charge in [0.05, 0.1) is 0 Å². The van der Waals surface area contributed by atoms with Crippen LogP contribution in [0.25, 0.3) is 0 Å². The lowest BCUT2D eigenvalue weighted by atomic mass is 10.0. The minimum atomic E-state index is -1.64. The van der Waals surface area contributed by atoms with Crippen molar-refractivity contribution in [1.82, 2.24) is 0 Å². The zero-order valence-electron chi connectivity index (χ0n) is 22.3. The summed E-state index contributed by atoms with van der Waals surface area (Å²) in [6.45, 7) is 16.8. The number of hydrogen-bond donors (Lipinski definition) is 0. The van der Waals surface area contributed by atoms with Crippen molar-refractivity contribution < 1.29 is 14.0 Å². The van der Waals surface area contributed by atoms with Crippen molar-refractivity contribution in [1.29, 1.82) is 0 Å². The second-order valence-corrected chi connectivity index (χ2v) is 15.7. The highest BCUT2D eigenvalue weighted by Crippen LogP contribution is 2.36. The fraction of sp³-hybridized carbons (Fsp3) is 0.963. The van der Waals surface area contributed by atoms with E-state index in [0.29, 0.717) is 6.42 Å². The van der Waals surface area contributed by atoms with Crippen molar-refractivity contribution in [3.63, 3.8) is 0 Å². The molecule has 0 aliphatic rings. The van der Waals surface area contributed by atoms with E-state index >= 15 is 0 Å². The molecular weight excluding hydrogens is 400 g/mol. The van der Waals surface area contributed by atoms with Gasteiger partial charge < -0.3 is 9.16 Å². The smallest absolute Gasteiger partial charge is 0.306 e. The summed E-state index contributed by atoms with van der Waals surface area (Å²) in [6, 6.07) is 0. The highest BCUT2D eigenvalue weighted by molar-refractivity contribution is 6.74. The lowest BCUT2D eigenvalue weighted by Gasteiger charge is -2.36. The van der Waals surface area contributed by atoms with Gasteiger partial charge in [0.15, 0.2) is 8.32 Å². The fourth-order valence-corrected chi connectivity index (χ4v) is 4.64. The van der Waals surface area contributed by atoms with Crippen LogP contribution in [0.2, 0.25) is 18.1 Å². The number of esters is 1. The summed E-state index contributed by atoms with van der Waals surface area (Å²) in [5, 5.41) is 0.263. The average Bonchev–Trinajstić information content (AvgIpc) is 2.69. The van der Waals surface area contributed by atoms with Crippen LogP contribution < -0.4 is 0 Å². The van der Waals surface area contributed by atoms with Crippen LogP contribution >= 0.6 is 0 Å². The van der Waals surface area contributed by atoms with Gasteiger partial charge in [-0.1, -0.05) is 92.4 Å². The van der Waals surface area contributed by atoms with Gasteiger partial charge in [0.2, 0.25) is 0 Å². The molecule has 0 spiro atoms. The van der Waals surface area contributed by atoms with Gasteiger partial charge >= 0.3 is 5.97 Å². The SMILES string of the molecule is CCCCCCCCC(CCCCCC)OC(=O)CCCCCO[Si](C)(C)C(C)(C)C. The maximum Gasteiger partial charge on any atom is 0.306 e. The third kappa shape index (κ3) is 16.9. The van der Waals surface area contributed by atoms with Crippen LogP contribution in [0.1, 0.15) is 137 Å². The summed E-state index contributed by atoms with van der Waals surface area (Å²) in [5.74, 6) is 0.0109. The van der Waals surface area contributed by atoms with Gasteiger partial charge in [-0.2, -0.15) is 0 Å². The largest absolute Gasteiger partial charge is 0.462 e. The Bertz CT molecular complexity index is 429. The van der Waals surface area contributed by atoms with Crippen molar-refractivity contribution in [2.24, 2.45) is 0 Å². The average molecular weight is 457 g/mol. The van der Waals surface area contributed by atoms with E-state index in [1.54, 1.807) is 0 Å². The number of carbonyl (C=O) groups is 1. The van der Waals surface area contributed by atoms with Crippen LogP contribution in [0.15, 0.2) is 0 Å². The zero-order chi connectivity index (χ0) is 23.6. The van der Waals surface area contributed by atoms with Gasteiger partial charge in [0.25, 0.3) is 0 Å². The second kappa shape index (κ2) is 18.1. The Balaban J connectivity index is 4.09. The molecule has 0 saturated heterocycles. The van der Waals surface area contributed by atoms with E-state index in [1.807, 2.05) is 0 Å². The van der Waals surface area contributed by atoms with Crippen molar-refractivity contribution in [2.75, 3.05) is 6.61 Å². The predicted octanol–water partition coefficient (Wildman–Crippen LogP) is 9.20. The number of carbonyl (C=O) groups excluding carboxylic acids is 1. The molecule has 4 heteroatoms. The molecular formula is C27H56O3Si. The van der Waals surface area contributed by atoms with Crippen LogP contribution in [-0.2, 0) is 14.0 Å². The summed E-state index contributed by atoms with van der Waals surface area (Å²) in [6.07, 6.45) is 18.5. The highest BCUT2D eigenvalue weighted by Gasteiger charge is 2.36. The molecule has 0 aromatic rings. The van der Waals surface area contributed by atoms with Gasteiger partial charge in [-0.05, 0) is 56.7 Å². The Kier molecular flexibility index (Phi) is 17.9. The lowest BCUT2D eigenvalue weighted by molar-refractivity contribution is -0.150. The molecule has 0 aliphatic carbocycles. The van der Waals surface area contributed by atoms with E-state index in [9.17, 15) is 4.79 Å². The van der Waals surface area contributed by atoms with E-state index in [4.69, 9.17) is 9.16 Å². The molecule has 0 aromatic heterocycles. The number of unbranched alkanes of at least 4 members (excludes halogenated alkanes) is 10. The Morgan fingerprint density at radius 3 is 1.77 bits per heavy atom. The molecule has 1 unspecified atom stereocenters. The summed E-state index contributed by atoms with van der Waals surface area (Å²) in [4.78, 5) is 12.4. The molecule has 3 nitrogen and oxygen atoms in total. The van der Waals surface area contributed by atoms with Crippen molar-refractivity contribution in [3.8, 4) is 0 Å². The molecule has 0 saturated carbocycles. The number of ether oxygens (including phenoxy) is 1. The summed E-state index contributed by atoms with van der Waals surface area (Å²) < 4.78 is 12.1. The molecule has 0 N–H and O–H groups in total. The Hall–Kier alpha value is -0.353. The minimum Gasteiger partial charge on any atom is -0.462 e. The minimum absolute atomic E-state index is 0.0109. The van der Waals surface area contributed by atoms with Crippen molar-refractivity contribution in [2.45, 2.75) is 162 Å². The first-order valence-electron chi connectivity index (χ1n) is 13.5. The first-order valence-corrected chi connectivity index (χ1v) is 16.4. The summed E-state index contributed by atoms with van der Waals surface area (Å²) >= 11 is 0. The van der Waals surface area contributed by atoms with E-state index in [-0.39, 0.29) is 17.1 Å². The molecule has 0 aliphatic heterocycles. The van der Waals surface area contributed by atoms with Crippen molar-refractivity contribution >= 4 is 14.3 Å². The van der Waals surface area contributed by atoms with Gasteiger partial charge in [-0.3, -0.25) is 4.79 Å². The zero-order valence-corrected chi connectivity index (χ0v) is 23.3. The van der Waals surface area contributed by atoms with Crippen LogP contribution in [0.4, 0.5) is 0 Å². The summed E-state index contributed by atoms with van der Waals surface area (Å²) in [5.41, 5.74) is 0. The molecule has 186 valence electrons. The molecule has 0 fully saturated rings. The standard InChI is InChI=1S/C27H56O3Si/c1-8-10-12-14-15-18-22-25(21-17-13-11-9-2)30-26(28)23-19-16-20-24-29-31(6,7)27(3,4)5/h25H,8-24H2,1-7H3. The van der Waals surface area contributed by atoms with Crippen LogP contribution in [-0.4, -0.2) is 27.0 Å². The maximum absolute atomic E-state index is 12.4. The third-order valence-electron chi connectivity index (χ3n) is 6.85. The fourth-order valence-electron chi connectivity index (χ4n) is 3.55. The lowest BCUT2D eigenvalue weighted by Crippen LogP contribution is -2.40. The normalized spacial score (nSPS) is 13.4. The van der Waals surface area contributed by atoms with Gasteiger partial charge in [-0.25, -0.2) is 0 Å². The van der Waals surface area contributed by atoms with E-state index in [0.717, 1.165) is 38.7 Å². The Morgan fingerprint density at radius 2 is 1.23 bits per heavy atom. The Morgan fingerprint density at radius 1 is 0.742 bits per heavy atom. The number of rotatable bonds is 20. The molecule has 0 aromatic carbocycles. The summed E-state index contributed by atoms with van der Waals surface area (Å²) in [7, 11) is -1.64. The molecule has 0 radical (unpaired) electrons. The van der Waals surface area contributed by atoms with Crippen LogP contribution in [0.3, 0.4) is 0 Å². The first kappa shape index (κ1) is 30.6. The molecule has 31 heavy (non-hydrogen) atoms. The predicted molar refractivity (Wildman–Crippen MR) is 138 cm³/mol. The third-order valence-corrected chi connectivity index (χ3v) is 11.4. The van der Waals surface area contributed by atoms with Gasteiger partial charge in [0.1, 0.15) is 6.10 Å². The molecule has 0 rings (SSSR count). The first-order chi connectivity index (χ1) is 14.6. The van der Waals surface area contributed by atoms with Crippen LogP contribution in [0, 0.1) is 0 Å². The molecule has 0 bridgehead atoms. The van der Waals surface area contributed by atoms with E-state index in [1.165, 1.54) is 64.2 Å². The topological polar surface area (TPSA) is 35.5 Å². The molecule has 0 heterocycles. The second-order valence-electron chi connectivity index (χ2n) is 10.9. The molecule has 0 amide bonds. The number of hydrogen-bond acceptors (Lipinski definition) is 3. The van der Waals surface area contributed by atoms with Gasteiger partial charge in [-0.15, -0.1) is 0 Å². The van der Waals surface area contributed by atoms with E-state index < -0.39 is 8.32 Å². The van der Waals surface area contributed by atoms with E-state index in [2.05, 4.69) is 47.7 Å². The highest BCUT2D eigenvalue weighted by atomic mass is 28.4. The van der Waals surface area contributed by atoms with Crippen molar-refractivity contribution in [3.05, 3.63) is 0 Å². The maximum atomic E-state index is 12.4. The quantitative estimate of drug-likeness (QED) is 0.104. The monoisotopic (exact) mass is 456 g/mol. The Labute approximate surface area is 196 Å². The van der Waals surface area contributed by atoms with Crippen LogP contribution in [0.5, 0.6) is 0 Å².